The van der Waals surface area contributed by atoms with E-state index in [1.54, 1.807) is 13.2 Å². The van der Waals surface area contributed by atoms with E-state index in [2.05, 4.69) is 236 Å². The summed E-state index contributed by atoms with van der Waals surface area (Å²) in [6.45, 7) is 19.0. The molecular formula is C59H53GeN. The Labute approximate surface area is 365 Å². The fourth-order valence-electron chi connectivity index (χ4n) is 11.0. The first kappa shape index (κ1) is 38.1. The Hall–Kier alpha value is -5.90. The van der Waals surface area contributed by atoms with E-state index in [-0.39, 0.29) is 16.2 Å². The third kappa shape index (κ3) is 5.52. The molecule has 1 nitrogen and oxygen atoms in total. The number of fused-ring (bicyclic) bond motifs is 13. The van der Waals surface area contributed by atoms with E-state index in [9.17, 15) is 0 Å². The second kappa shape index (κ2) is 13.3. The summed E-state index contributed by atoms with van der Waals surface area (Å²) in [6, 6.07) is 68.0. The van der Waals surface area contributed by atoms with Crippen LogP contribution >= 0.6 is 0 Å². The molecule has 0 saturated heterocycles. The zero-order chi connectivity index (χ0) is 42.1. The molecule has 1 aliphatic carbocycles. The zero-order valence-electron chi connectivity index (χ0n) is 36.7. The van der Waals surface area contributed by atoms with E-state index < -0.39 is 13.3 Å². The van der Waals surface area contributed by atoms with Gasteiger partial charge in [-0.2, -0.15) is 0 Å². The van der Waals surface area contributed by atoms with Crippen LogP contribution in [0.5, 0.6) is 0 Å². The first-order valence-corrected chi connectivity index (χ1v) is 26.2. The van der Waals surface area contributed by atoms with E-state index in [0.717, 1.165) is 0 Å². The quantitative estimate of drug-likeness (QED) is 0.160. The SMILES string of the molecule is CC(C)(C)c1ccc2[c](c1)[Ge]1([c]3ccccc3-c3ccc(N(c4ccc5c(c4)C(C)(C)c4ccccc4-5)c4ccccc4-c4ccccc4)c[c]31)[c]1cc(C(C)(C)C)ccc1-2. The molecule has 2 aliphatic heterocycles. The van der Waals surface area contributed by atoms with Crippen LogP contribution in [0.1, 0.15) is 77.6 Å². The van der Waals surface area contributed by atoms with Crippen LogP contribution in [0.3, 0.4) is 0 Å². The maximum absolute atomic E-state index is 3.66. The fraction of sp³-hybridized carbons (Fsp3) is 0.186. The molecule has 0 bridgehead atoms. The molecule has 0 amide bonds. The molecule has 2 heteroatoms. The van der Waals surface area contributed by atoms with Crippen LogP contribution in [0, 0.1) is 0 Å². The predicted octanol–water partition coefficient (Wildman–Crippen LogP) is 13.1. The molecular weight excluding hydrogens is 795 g/mol. The number of anilines is 3. The molecule has 0 fully saturated rings. The molecule has 0 N–H and O–H groups in total. The van der Waals surface area contributed by atoms with Gasteiger partial charge < -0.3 is 0 Å². The Balaban J connectivity index is 1.22. The summed E-state index contributed by atoms with van der Waals surface area (Å²) in [7, 11) is 0. The van der Waals surface area contributed by atoms with Gasteiger partial charge in [0.1, 0.15) is 0 Å². The maximum atomic E-state index is 2.64. The van der Waals surface area contributed by atoms with Crippen molar-refractivity contribution in [1.82, 2.24) is 0 Å². The minimum absolute atomic E-state index is 0.0194. The Bertz CT molecular complexity index is 3020. The zero-order valence-corrected chi connectivity index (χ0v) is 38.8. The van der Waals surface area contributed by atoms with E-state index >= 15 is 0 Å². The summed E-state index contributed by atoms with van der Waals surface area (Å²) in [5.41, 5.74) is 19.8. The van der Waals surface area contributed by atoms with E-state index in [4.69, 9.17) is 0 Å². The van der Waals surface area contributed by atoms with E-state index in [1.165, 1.54) is 88.2 Å². The summed E-state index contributed by atoms with van der Waals surface area (Å²) < 4.78 is 6.24. The molecule has 11 rings (SSSR count). The molecule has 298 valence electrons. The summed E-state index contributed by atoms with van der Waals surface area (Å²) in [4.78, 5) is 2.56. The van der Waals surface area contributed by atoms with E-state index in [1.807, 2.05) is 0 Å². The van der Waals surface area contributed by atoms with Gasteiger partial charge in [-0.15, -0.1) is 0 Å². The van der Waals surface area contributed by atoms with Crippen molar-refractivity contribution in [3.8, 4) is 44.5 Å². The van der Waals surface area contributed by atoms with Gasteiger partial charge in [0, 0.05) is 0 Å². The molecule has 0 atom stereocenters. The molecule has 1 spiro atoms. The van der Waals surface area contributed by atoms with Gasteiger partial charge in [0.2, 0.25) is 0 Å². The van der Waals surface area contributed by atoms with Crippen molar-refractivity contribution in [3.63, 3.8) is 0 Å². The summed E-state index contributed by atoms with van der Waals surface area (Å²) in [6.07, 6.45) is 0. The first-order chi connectivity index (χ1) is 29.3. The van der Waals surface area contributed by atoms with Gasteiger partial charge in [0.15, 0.2) is 0 Å². The van der Waals surface area contributed by atoms with Crippen molar-refractivity contribution in [2.45, 2.75) is 71.6 Å². The number of nitrogens with zero attached hydrogens (tertiary/aromatic N) is 1. The summed E-state index contributed by atoms with van der Waals surface area (Å²) in [5.74, 6) is 0. The van der Waals surface area contributed by atoms with Crippen molar-refractivity contribution >= 4 is 47.9 Å². The average Bonchev–Trinajstić information content (AvgIpc) is 3.81. The van der Waals surface area contributed by atoms with Gasteiger partial charge in [0.25, 0.3) is 0 Å². The molecule has 0 aromatic heterocycles. The number of hydrogen-bond donors (Lipinski definition) is 0. The van der Waals surface area contributed by atoms with Crippen molar-refractivity contribution in [3.05, 3.63) is 198 Å². The van der Waals surface area contributed by atoms with Crippen LogP contribution in [-0.4, -0.2) is 13.3 Å². The van der Waals surface area contributed by atoms with Crippen LogP contribution in [0.4, 0.5) is 17.1 Å². The Kier molecular flexibility index (Phi) is 8.30. The molecule has 2 heterocycles. The Morgan fingerprint density at radius 2 is 0.836 bits per heavy atom. The number of hydrogen-bond acceptors (Lipinski definition) is 1. The number of para-hydroxylation sites is 1. The molecule has 3 aliphatic rings. The number of rotatable bonds is 4. The summed E-state index contributed by atoms with van der Waals surface area (Å²) in [5, 5.41) is 0. The van der Waals surface area contributed by atoms with Gasteiger partial charge in [-0.25, -0.2) is 0 Å². The standard InChI is InChI=1S/C59H53GeN/c1-57(2,3)39-26-30-47-48-31-27-40(58(4,5)6)35-54(48)60(53(47)34-39)52-24-16-13-22-46(52)49-33-29-42(37-55(49)60)61(56-25-17-14-20-43(56)38-18-10-9-11-19-38)41-28-32-45-44-21-12-15-23-50(44)59(7,8)51(45)36-41/h9-37H,1-8H3. The van der Waals surface area contributed by atoms with Crippen molar-refractivity contribution < 1.29 is 0 Å². The first-order valence-electron chi connectivity index (χ1n) is 22.0. The van der Waals surface area contributed by atoms with Gasteiger partial charge >= 0.3 is 367 Å². The molecule has 61 heavy (non-hydrogen) atoms. The van der Waals surface area contributed by atoms with Gasteiger partial charge in [-0.3, -0.25) is 0 Å². The van der Waals surface area contributed by atoms with Crippen LogP contribution in [-0.2, 0) is 16.2 Å². The van der Waals surface area contributed by atoms with Crippen molar-refractivity contribution in [2.24, 2.45) is 0 Å². The number of benzene rings is 8. The monoisotopic (exact) mass is 849 g/mol. The molecule has 8 aromatic rings. The topological polar surface area (TPSA) is 3.24 Å². The fourth-order valence-corrected chi connectivity index (χ4v) is 23.0. The van der Waals surface area contributed by atoms with Gasteiger partial charge in [-0.1, -0.05) is 0 Å². The van der Waals surface area contributed by atoms with Crippen molar-refractivity contribution in [2.75, 3.05) is 4.90 Å². The Morgan fingerprint density at radius 1 is 0.377 bits per heavy atom. The second-order valence-electron chi connectivity index (χ2n) is 20.2. The van der Waals surface area contributed by atoms with Crippen molar-refractivity contribution in [1.29, 1.82) is 0 Å². The third-order valence-corrected chi connectivity index (χ3v) is 24.5. The molecule has 8 aromatic carbocycles. The molecule has 0 radical (unpaired) electrons. The molecule has 0 unspecified atom stereocenters. The van der Waals surface area contributed by atoms with Gasteiger partial charge in [0.05, 0.1) is 0 Å². The van der Waals surface area contributed by atoms with Crippen LogP contribution < -0.4 is 22.5 Å². The summed E-state index contributed by atoms with van der Waals surface area (Å²) >= 11 is -3.66. The Morgan fingerprint density at radius 3 is 1.48 bits per heavy atom. The minimum atomic E-state index is -3.66. The average molecular weight is 849 g/mol. The van der Waals surface area contributed by atoms with Crippen LogP contribution in [0.15, 0.2) is 176 Å². The molecule has 0 saturated carbocycles. The third-order valence-electron chi connectivity index (χ3n) is 14.2. The normalized spacial score (nSPS) is 14.8. The predicted molar refractivity (Wildman–Crippen MR) is 263 cm³/mol. The van der Waals surface area contributed by atoms with Crippen LogP contribution in [0.2, 0.25) is 0 Å². The van der Waals surface area contributed by atoms with Gasteiger partial charge in [-0.05, 0) is 0 Å². The van der Waals surface area contributed by atoms with E-state index in [0.29, 0.717) is 0 Å². The van der Waals surface area contributed by atoms with Crippen LogP contribution in [0.25, 0.3) is 44.5 Å². The second-order valence-corrected chi connectivity index (χ2v) is 27.8.